The number of anilines is 1. The van der Waals surface area contributed by atoms with Gasteiger partial charge in [0.15, 0.2) is 11.5 Å². The first-order valence-electron chi connectivity index (χ1n) is 13.0. The van der Waals surface area contributed by atoms with Crippen LogP contribution in [-0.4, -0.2) is 35.6 Å². The van der Waals surface area contributed by atoms with Crippen molar-refractivity contribution < 1.29 is 34.2 Å². The Morgan fingerprint density at radius 3 is 2.59 bits per heavy atom. The van der Waals surface area contributed by atoms with Gasteiger partial charge in [-0.15, -0.1) is 5.23 Å². The van der Waals surface area contributed by atoms with E-state index in [1.165, 1.54) is 11.6 Å². The van der Waals surface area contributed by atoms with Gasteiger partial charge in [0.2, 0.25) is 6.79 Å². The summed E-state index contributed by atoms with van der Waals surface area (Å²) in [5, 5.41) is 22.6. The number of aldehydes is 1. The highest BCUT2D eigenvalue weighted by molar-refractivity contribution is 6.22. The maximum atomic E-state index is 13.8. The summed E-state index contributed by atoms with van der Waals surface area (Å²) in [5.74, 6) is 0.0942. The van der Waals surface area contributed by atoms with Crippen molar-refractivity contribution in [1.82, 2.24) is 0 Å². The third-order valence-electron chi connectivity index (χ3n) is 7.17. The summed E-state index contributed by atoms with van der Waals surface area (Å²) in [4.78, 5) is 25.7. The van der Waals surface area contributed by atoms with E-state index in [9.17, 15) is 20.0 Å². The summed E-state index contributed by atoms with van der Waals surface area (Å²) in [5.41, 5.74) is 2.98. The van der Waals surface area contributed by atoms with Crippen molar-refractivity contribution in [2.24, 2.45) is 0 Å². The van der Waals surface area contributed by atoms with Crippen molar-refractivity contribution >= 4 is 39.5 Å². The number of hydrogen-bond acceptors (Lipinski definition) is 8. The van der Waals surface area contributed by atoms with Crippen molar-refractivity contribution in [3.8, 4) is 11.5 Å². The second kappa shape index (κ2) is 11.3. The molecule has 0 spiro atoms. The molecule has 8 nitrogen and oxygen atoms in total. The summed E-state index contributed by atoms with van der Waals surface area (Å²) < 4.78 is 17.4. The van der Waals surface area contributed by atoms with Gasteiger partial charge in [-0.25, -0.2) is 4.79 Å². The minimum atomic E-state index is -0.692. The van der Waals surface area contributed by atoms with Crippen molar-refractivity contribution in [1.29, 1.82) is 0 Å². The normalized spacial score (nSPS) is 21.9. The molecule has 8 heteroatoms. The molecule has 202 valence electrons. The number of carbonyl (C=O) groups excluding carboxylic acids is 2. The number of allylic oxidation sites excluding steroid dienone is 4. The molecule has 2 N–H and O–H groups in total. The SMILES string of the molecule is C/C1=C/CC/C(C=O)=C\[C@H](OC(=O)c2cc3c(c4c2c(N(O)O)cc2ccccc24)OCO3)C/C(C)=C/CC1. The highest BCUT2D eigenvalue weighted by Crippen LogP contribution is 2.47. The van der Waals surface area contributed by atoms with Crippen molar-refractivity contribution in [2.75, 3.05) is 12.0 Å². The Kier molecular flexibility index (Phi) is 7.67. The number of ether oxygens (including phenoxy) is 3. The predicted octanol–water partition coefficient (Wildman–Crippen LogP) is 6.81. The van der Waals surface area contributed by atoms with Crippen LogP contribution in [-0.2, 0) is 9.53 Å². The molecule has 5 rings (SSSR count). The van der Waals surface area contributed by atoms with Crippen LogP contribution >= 0.6 is 0 Å². The number of fused-ring (bicyclic) bond motifs is 5. The van der Waals surface area contributed by atoms with E-state index in [1.54, 1.807) is 12.1 Å². The molecule has 0 radical (unpaired) electrons. The third-order valence-corrected chi connectivity index (χ3v) is 7.17. The molecule has 2 aliphatic rings. The van der Waals surface area contributed by atoms with Crippen molar-refractivity contribution in [2.45, 2.75) is 52.1 Å². The highest BCUT2D eigenvalue weighted by atomic mass is 16.8. The van der Waals surface area contributed by atoms with Crippen molar-refractivity contribution in [3.63, 3.8) is 0 Å². The maximum absolute atomic E-state index is 13.8. The van der Waals surface area contributed by atoms with Gasteiger partial charge in [0.25, 0.3) is 0 Å². The summed E-state index contributed by atoms with van der Waals surface area (Å²) in [6.45, 7) is 4.04. The van der Waals surface area contributed by atoms with Crippen LogP contribution in [0.15, 0.2) is 71.3 Å². The number of esters is 1. The van der Waals surface area contributed by atoms with E-state index < -0.39 is 12.1 Å². The van der Waals surface area contributed by atoms with Crippen molar-refractivity contribution in [3.05, 3.63) is 76.9 Å². The smallest absolute Gasteiger partial charge is 0.339 e. The Labute approximate surface area is 226 Å². The van der Waals surface area contributed by atoms with E-state index >= 15 is 0 Å². The van der Waals surface area contributed by atoms with Gasteiger partial charge in [-0.05, 0) is 74.1 Å². The Morgan fingerprint density at radius 2 is 1.79 bits per heavy atom. The Bertz CT molecular complexity index is 1530. The molecule has 1 heterocycles. The van der Waals surface area contributed by atoms with Crippen LogP contribution in [0.5, 0.6) is 11.5 Å². The zero-order chi connectivity index (χ0) is 27.5. The molecule has 3 aromatic rings. The molecule has 1 atom stereocenters. The van der Waals surface area contributed by atoms with E-state index in [4.69, 9.17) is 14.2 Å². The first-order valence-corrected chi connectivity index (χ1v) is 13.0. The third kappa shape index (κ3) is 5.53. The lowest BCUT2D eigenvalue weighted by Crippen LogP contribution is -2.19. The van der Waals surface area contributed by atoms with Crippen LogP contribution in [0.25, 0.3) is 21.5 Å². The molecule has 0 fully saturated rings. The summed E-state index contributed by atoms with van der Waals surface area (Å²) in [7, 11) is 0. The van der Waals surface area contributed by atoms with Crippen LogP contribution in [0.3, 0.4) is 0 Å². The van der Waals surface area contributed by atoms with Crippen LogP contribution in [0.2, 0.25) is 0 Å². The molecule has 3 aromatic carbocycles. The van der Waals surface area contributed by atoms with Gasteiger partial charge in [0.05, 0.1) is 5.56 Å². The lowest BCUT2D eigenvalue weighted by Gasteiger charge is -2.20. The van der Waals surface area contributed by atoms with Gasteiger partial charge in [0.1, 0.15) is 18.1 Å². The molecule has 0 saturated carbocycles. The largest absolute Gasteiger partial charge is 0.454 e. The van der Waals surface area contributed by atoms with Crippen LogP contribution in [0.4, 0.5) is 5.69 Å². The second-order valence-electron chi connectivity index (χ2n) is 10.00. The maximum Gasteiger partial charge on any atom is 0.339 e. The van der Waals surface area contributed by atoms with Crippen LogP contribution < -0.4 is 14.7 Å². The summed E-state index contributed by atoms with van der Waals surface area (Å²) in [6, 6.07) is 10.5. The standard InChI is InChI=1S/C31H31NO7/c1-19-7-5-9-20(2)13-23(14-21(17-33)10-6-8-19)39-31(34)25-16-27-30(38-18-37-27)29-24-12-4-3-11-22(24)15-26(28(25)29)32(35)36/h3-4,8-9,11-12,14-17,23,35-36H,5-7,10,13,18H2,1-2H3/b19-8-,20-9+,21-14+/t23-/m1/s1. The second-order valence-corrected chi connectivity index (χ2v) is 10.00. The van der Waals surface area contributed by atoms with Gasteiger partial charge in [-0.1, -0.05) is 47.6 Å². The molecule has 0 aromatic heterocycles. The Hall–Kier alpha value is -4.14. The zero-order valence-corrected chi connectivity index (χ0v) is 22.0. The molecular weight excluding hydrogens is 498 g/mol. The zero-order valence-electron chi connectivity index (χ0n) is 22.0. The Balaban J connectivity index is 1.62. The minimum absolute atomic E-state index is 0.00347. The molecule has 0 unspecified atom stereocenters. The fourth-order valence-corrected chi connectivity index (χ4v) is 5.24. The topological polar surface area (TPSA) is 106 Å². The molecule has 39 heavy (non-hydrogen) atoms. The number of rotatable bonds is 4. The highest BCUT2D eigenvalue weighted by Gasteiger charge is 2.29. The number of carbonyl (C=O) groups is 2. The van der Waals surface area contributed by atoms with E-state index in [0.717, 1.165) is 41.9 Å². The number of nitrogens with zero attached hydrogens (tertiary/aromatic N) is 1. The number of benzene rings is 3. The fourth-order valence-electron chi connectivity index (χ4n) is 5.24. The van der Waals surface area contributed by atoms with Crippen LogP contribution in [0, 0.1) is 0 Å². The molecule has 1 aliphatic heterocycles. The molecule has 1 aliphatic carbocycles. The summed E-state index contributed by atoms with van der Waals surface area (Å²) >= 11 is 0. The average molecular weight is 530 g/mol. The summed E-state index contributed by atoms with van der Waals surface area (Å²) in [6.07, 6.45) is 9.61. The van der Waals surface area contributed by atoms with Gasteiger partial charge in [-0.3, -0.25) is 15.2 Å². The Morgan fingerprint density at radius 1 is 1.03 bits per heavy atom. The van der Waals surface area contributed by atoms with E-state index in [2.05, 4.69) is 19.1 Å². The van der Waals surface area contributed by atoms with Gasteiger partial charge < -0.3 is 14.2 Å². The quantitative estimate of drug-likeness (QED) is 0.125. The molecular formula is C31H31NO7. The number of hydrogen-bond donors (Lipinski definition) is 2. The first kappa shape index (κ1) is 26.5. The first-order chi connectivity index (χ1) is 18.9. The average Bonchev–Trinajstić information content (AvgIpc) is 3.39. The van der Waals surface area contributed by atoms with E-state index in [0.29, 0.717) is 35.3 Å². The predicted molar refractivity (Wildman–Crippen MR) is 148 cm³/mol. The lowest BCUT2D eigenvalue weighted by molar-refractivity contribution is -0.105. The van der Waals surface area contributed by atoms with Gasteiger partial charge >= 0.3 is 5.97 Å². The molecule has 0 saturated heterocycles. The van der Waals surface area contributed by atoms with Crippen LogP contribution in [0.1, 0.15) is 56.3 Å². The van der Waals surface area contributed by atoms with Gasteiger partial charge in [0, 0.05) is 17.2 Å². The minimum Gasteiger partial charge on any atom is -0.454 e. The lowest BCUT2D eigenvalue weighted by atomic mass is 9.95. The van der Waals surface area contributed by atoms with E-state index in [-0.39, 0.29) is 28.7 Å². The van der Waals surface area contributed by atoms with Gasteiger partial charge in [-0.2, -0.15) is 0 Å². The monoisotopic (exact) mass is 529 g/mol. The fraction of sp³-hybridized carbons (Fsp3) is 0.290. The van der Waals surface area contributed by atoms with E-state index in [1.807, 2.05) is 31.2 Å². The molecule has 0 amide bonds. The molecule has 0 bridgehead atoms.